The van der Waals surface area contributed by atoms with Crippen molar-refractivity contribution in [2.24, 2.45) is 0 Å². The lowest BCUT2D eigenvalue weighted by atomic mass is 10.1. The van der Waals surface area contributed by atoms with E-state index in [4.69, 9.17) is 9.47 Å². The molecule has 4 aromatic rings. The van der Waals surface area contributed by atoms with Crippen molar-refractivity contribution in [3.63, 3.8) is 0 Å². The summed E-state index contributed by atoms with van der Waals surface area (Å²) in [6.07, 6.45) is 0. The topological polar surface area (TPSA) is 82.4 Å². The van der Waals surface area contributed by atoms with Crippen LogP contribution in [0.3, 0.4) is 0 Å². The number of para-hydroxylation sites is 1. The predicted molar refractivity (Wildman–Crippen MR) is 136 cm³/mol. The van der Waals surface area contributed by atoms with Gasteiger partial charge >= 0.3 is 0 Å². The van der Waals surface area contributed by atoms with Gasteiger partial charge in [0.2, 0.25) is 0 Å². The molecular formula is C27H25N3O4S. The Kier molecular flexibility index (Phi) is 7.84. The van der Waals surface area contributed by atoms with Gasteiger partial charge in [-0.2, -0.15) is 9.78 Å². The molecule has 1 aromatic heterocycles. The molecule has 0 aliphatic rings. The monoisotopic (exact) mass is 487 g/mol. The Morgan fingerprint density at radius 1 is 0.971 bits per heavy atom. The Morgan fingerprint density at radius 2 is 1.71 bits per heavy atom. The van der Waals surface area contributed by atoms with Crippen LogP contribution in [0.2, 0.25) is 0 Å². The largest absolute Gasteiger partial charge is 0.497 e. The molecule has 0 fully saturated rings. The molecule has 0 saturated carbocycles. The molecule has 1 amide bonds. The fourth-order valence-electron chi connectivity index (χ4n) is 3.38. The number of methoxy groups -OCH3 is 1. The summed E-state index contributed by atoms with van der Waals surface area (Å²) in [5.74, 6) is 1.31. The number of ether oxygens (including phenoxy) is 2. The van der Waals surface area contributed by atoms with Crippen LogP contribution in [-0.4, -0.2) is 29.4 Å². The van der Waals surface area contributed by atoms with Crippen molar-refractivity contribution in [3.8, 4) is 17.2 Å². The average Bonchev–Trinajstić information content (AvgIpc) is 2.90. The maximum absolute atomic E-state index is 12.7. The lowest BCUT2D eigenvalue weighted by Crippen LogP contribution is -2.23. The number of hydrogen-bond donors (Lipinski definition) is 1. The minimum absolute atomic E-state index is 0.216. The average molecular weight is 488 g/mol. The van der Waals surface area contributed by atoms with Gasteiger partial charge in [0.1, 0.15) is 16.5 Å². The van der Waals surface area contributed by atoms with Crippen LogP contribution in [-0.2, 0) is 6.54 Å². The second-order valence-electron chi connectivity index (χ2n) is 7.47. The number of carbonyl (C=O) groups excluding carboxylic acids is 1. The number of amides is 1. The van der Waals surface area contributed by atoms with Crippen LogP contribution in [0.4, 0.5) is 0 Å². The molecule has 0 aliphatic carbocycles. The standard InChI is InChI=1S/C27H25N3O4S/c1-3-34-24-7-5-4-6-20(24)18-28-27(32)19-8-10-21(11-9-19)30-26(31)17-16-25(29-30)35-23-14-12-22(33-2)13-15-23/h4-17H,3,18H2,1-2H3,(H,28,32). The summed E-state index contributed by atoms with van der Waals surface area (Å²) in [4.78, 5) is 26.1. The van der Waals surface area contributed by atoms with E-state index in [1.54, 1.807) is 37.4 Å². The number of hydrogen-bond acceptors (Lipinski definition) is 6. The fourth-order valence-corrected chi connectivity index (χ4v) is 4.15. The Hall–Kier alpha value is -4.04. The lowest BCUT2D eigenvalue weighted by Gasteiger charge is -2.11. The number of aromatic nitrogens is 2. The first kappa shape index (κ1) is 24.1. The van der Waals surface area contributed by atoms with Crippen molar-refractivity contribution >= 4 is 17.7 Å². The van der Waals surface area contributed by atoms with Crippen molar-refractivity contribution in [1.82, 2.24) is 15.1 Å². The summed E-state index contributed by atoms with van der Waals surface area (Å²) in [5, 5.41) is 8.06. The summed E-state index contributed by atoms with van der Waals surface area (Å²) >= 11 is 1.44. The number of nitrogens with zero attached hydrogens (tertiary/aromatic N) is 2. The van der Waals surface area contributed by atoms with E-state index in [1.807, 2.05) is 55.5 Å². The third kappa shape index (κ3) is 6.10. The highest BCUT2D eigenvalue weighted by molar-refractivity contribution is 7.99. The highest BCUT2D eigenvalue weighted by Crippen LogP contribution is 2.27. The summed E-state index contributed by atoms with van der Waals surface area (Å²) in [7, 11) is 1.62. The first-order chi connectivity index (χ1) is 17.1. The van der Waals surface area contributed by atoms with Crippen LogP contribution in [0.15, 0.2) is 99.6 Å². The lowest BCUT2D eigenvalue weighted by molar-refractivity contribution is 0.0950. The smallest absolute Gasteiger partial charge is 0.271 e. The van der Waals surface area contributed by atoms with Crippen LogP contribution in [0, 0.1) is 0 Å². The number of benzene rings is 3. The van der Waals surface area contributed by atoms with Crippen molar-refractivity contribution < 1.29 is 14.3 Å². The van der Waals surface area contributed by atoms with E-state index in [0.29, 0.717) is 29.4 Å². The van der Waals surface area contributed by atoms with Gasteiger partial charge in [0.25, 0.3) is 11.5 Å². The zero-order valence-electron chi connectivity index (χ0n) is 19.4. The van der Waals surface area contributed by atoms with Gasteiger partial charge in [0, 0.05) is 28.6 Å². The predicted octanol–water partition coefficient (Wildman–Crippen LogP) is 4.72. The molecule has 35 heavy (non-hydrogen) atoms. The van der Waals surface area contributed by atoms with E-state index in [-0.39, 0.29) is 11.5 Å². The Labute approximate surface area is 207 Å². The van der Waals surface area contributed by atoms with Crippen LogP contribution in [0.25, 0.3) is 5.69 Å². The summed E-state index contributed by atoms with van der Waals surface area (Å²) in [6, 6.07) is 25.2. The van der Waals surface area contributed by atoms with E-state index in [9.17, 15) is 9.59 Å². The second kappa shape index (κ2) is 11.4. The first-order valence-corrected chi connectivity index (χ1v) is 11.9. The molecule has 0 radical (unpaired) electrons. The zero-order valence-corrected chi connectivity index (χ0v) is 20.2. The maximum atomic E-state index is 12.7. The van der Waals surface area contributed by atoms with Crippen molar-refractivity contribution in [2.75, 3.05) is 13.7 Å². The van der Waals surface area contributed by atoms with Gasteiger partial charge in [-0.05, 0) is 67.6 Å². The molecular weight excluding hydrogens is 462 g/mol. The first-order valence-electron chi connectivity index (χ1n) is 11.1. The minimum Gasteiger partial charge on any atom is -0.497 e. The molecule has 0 saturated heterocycles. The van der Waals surface area contributed by atoms with Gasteiger partial charge in [0.05, 0.1) is 19.4 Å². The summed E-state index contributed by atoms with van der Waals surface area (Å²) in [6.45, 7) is 2.83. The van der Waals surface area contributed by atoms with E-state index in [2.05, 4.69) is 10.4 Å². The number of carbonyl (C=O) groups is 1. The fraction of sp³-hybridized carbons (Fsp3) is 0.148. The highest BCUT2D eigenvalue weighted by atomic mass is 32.2. The van der Waals surface area contributed by atoms with E-state index >= 15 is 0 Å². The molecule has 0 spiro atoms. The maximum Gasteiger partial charge on any atom is 0.271 e. The number of rotatable bonds is 9. The second-order valence-corrected chi connectivity index (χ2v) is 8.56. The van der Waals surface area contributed by atoms with Crippen LogP contribution in [0.5, 0.6) is 11.5 Å². The van der Waals surface area contributed by atoms with E-state index in [1.165, 1.54) is 22.5 Å². The molecule has 0 atom stereocenters. The van der Waals surface area contributed by atoms with Crippen LogP contribution in [0.1, 0.15) is 22.8 Å². The Bertz CT molecular complexity index is 1350. The Morgan fingerprint density at radius 3 is 2.43 bits per heavy atom. The molecule has 8 heteroatoms. The molecule has 0 bridgehead atoms. The number of nitrogens with one attached hydrogen (secondary N) is 1. The normalized spacial score (nSPS) is 10.6. The molecule has 3 aromatic carbocycles. The molecule has 7 nitrogen and oxygen atoms in total. The molecule has 0 aliphatic heterocycles. The van der Waals surface area contributed by atoms with Crippen molar-refractivity contribution in [2.45, 2.75) is 23.4 Å². The molecule has 0 unspecified atom stereocenters. The van der Waals surface area contributed by atoms with Gasteiger partial charge in [-0.1, -0.05) is 30.0 Å². The zero-order chi connectivity index (χ0) is 24.6. The van der Waals surface area contributed by atoms with Gasteiger partial charge in [-0.15, -0.1) is 0 Å². The summed E-state index contributed by atoms with van der Waals surface area (Å²) < 4.78 is 12.1. The minimum atomic E-state index is -0.256. The van der Waals surface area contributed by atoms with E-state index in [0.717, 1.165) is 22.0 Å². The van der Waals surface area contributed by atoms with Crippen LogP contribution < -0.4 is 20.3 Å². The molecule has 1 N–H and O–H groups in total. The third-order valence-electron chi connectivity index (χ3n) is 5.14. The van der Waals surface area contributed by atoms with Crippen LogP contribution >= 0.6 is 11.8 Å². The van der Waals surface area contributed by atoms with Crippen molar-refractivity contribution in [1.29, 1.82) is 0 Å². The van der Waals surface area contributed by atoms with Crippen molar-refractivity contribution in [3.05, 3.63) is 106 Å². The van der Waals surface area contributed by atoms with Gasteiger partial charge in [0.15, 0.2) is 0 Å². The highest BCUT2D eigenvalue weighted by Gasteiger charge is 2.10. The summed E-state index contributed by atoms with van der Waals surface area (Å²) in [5.41, 5.74) is 1.71. The third-order valence-corrected chi connectivity index (χ3v) is 6.08. The van der Waals surface area contributed by atoms with Gasteiger partial charge in [-0.3, -0.25) is 9.59 Å². The Balaban J connectivity index is 1.45. The quantitative estimate of drug-likeness (QED) is 0.368. The molecule has 1 heterocycles. The molecule has 178 valence electrons. The van der Waals surface area contributed by atoms with E-state index < -0.39 is 0 Å². The SMILES string of the molecule is CCOc1ccccc1CNC(=O)c1ccc(-n2nc(Sc3ccc(OC)cc3)ccc2=O)cc1. The van der Waals surface area contributed by atoms with Gasteiger partial charge < -0.3 is 14.8 Å². The van der Waals surface area contributed by atoms with Gasteiger partial charge in [-0.25, -0.2) is 0 Å². The molecule has 4 rings (SSSR count).